The first kappa shape index (κ1) is 40.6. The van der Waals surface area contributed by atoms with Gasteiger partial charge < -0.3 is 0 Å². The van der Waals surface area contributed by atoms with Crippen molar-refractivity contribution in [3.63, 3.8) is 0 Å². The standard InChI is InChI=1S/C23H29.C21H12Cl2.C5H5.2ClH.Zr/c1-14-9-16-11-17-10-15(2)21(23(6,7)8)13-19(17)18(16)12-20(14)22(3,4)5;22-20-11-9-14(16-5-1-3-7-18(16)20)13-15-10-12-21(23)19-8-4-2-6-17(15)19;1-2-4-5-3-1;;;/h9-13H,1-8H3;1-12H;1-5H;2*1H;/q-1;;-1;;;+2/p-2. The second-order valence-electron chi connectivity index (χ2n) is 16.0. The number of rotatable bonds is 2. The molecule has 0 aromatic heterocycles. The van der Waals surface area contributed by atoms with Crippen LogP contribution in [0.1, 0.15) is 74.9 Å². The Kier molecular flexibility index (Phi) is 12.5. The summed E-state index contributed by atoms with van der Waals surface area (Å²) < 4.78 is 1.04. The molecule has 0 bridgehead atoms. The zero-order valence-corrected chi connectivity index (χ0v) is 37.7. The van der Waals surface area contributed by atoms with E-state index in [-0.39, 0.29) is 10.8 Å². The third-order valence-electron chi connectivity index (χ3n) is 10.0. The van der Waals surface area contributed by atoms with E-state index in [4.69, 9.17) is 40.2 Å². The van der Waals surface area contributed by atoms with Gasteiger partial charge in [0.25, 0.3) is 0 Å². The van der Waals surface area contributed by atoms with Gasteiger partial charge in [-0.25, -0.2) is 12.1 Å². The number of fused-ring (bicyclic) bond motifs is 5. The second-order valence-corrected chi connectivity index (χ2v) is 25.0. The van der Waals surface area contributed by atoms with Gasteiger partial charge in [-0.1, -0.05) is 75.9 Å². The average molecular weight is 868 g/mol. The zero-order chi connectivity index (χ0) is 38.9. The third kappa shape index (κ3) is 8.68. The normalized spacial score (nSPS) is 11.7. The van der Waals surface area contributed by atoms with Crippen molar-refractivity contribution in [1.29, 1.82) is 0 Å². The van der Waals surface area contributed by atoms with Gasteiger partial charge in [0.15, 0.2) is 0 Å². The Balaban J connectivity index is 0.000000164. The van der Waals surface area contributed by atoms with Crippen LogP contribution in [-0.4, -0.2) is 3.21 Å². The van der Waals surface area contributed by atoms with E-state index in [9.17, 15) is 0 Å². The zero-order valence-electron chi connectivity index (χ0n) is 32.2. The number of aryl methyl sites for hydroxylation is 2. The number of hydrogen-bond acceptors (Lipinski definition) is 0. The fourth-order valence-corrected chi connectivity index (χ4v) is 12.5. The first-order chi connectivity index (χ1) is 25.6. The van der Waals surface area contributed by atoms with Gasteiger partial charge in [-0.3, -0.25) is 0 Å². The van der Waals surface area contributed by atoms with Crippen LogP contribution in [0.15, 0.2) is 133 Å². The first-order valence-electron chi connectivity index (χ1n) is 18.3. The minimum Gasteiger partial charge on any atom is -0.214 e. The fourth-order valence-electron chi connectivity index (χ4n) is 7.58. The summed E-state index contributed by atoms with van der Waals surface area (Å²) >= 11 is 9.96. The summed E-state index contributed by atoms with van der Waals surface area (Å²) in [5.74, 6) is 0. The Labute approximate surface area is 345 Å². The SMILES string of the molecule is Cc1cc2[cH-]c3cc(C)c(C(C)(C)C)cc3c2cc1C(C)(C)C.Clc1ccc([C](c2ccc(Cl)c3ccccc23)=[Zr]([Cl])[Cl])c2ccccc12.c1cc[cH-]c1. The van der Waals surface area contributed by atoms with Crippen molar-refractivity contribution < 1.29 is 18.9 Å². The smallest absolute Gasteiger partial charge is 0.172 e. The molecule has 54 heavy (non-hydrogen) atoms. The molecule has 0 unspecified atom stereocenters. The van der Waals surface area contributed by atoms with Crippen molar-refractivity contribution in [3.05, 3.63) is 177 Å². The molecule has 276 valence electrons. The van der Waals surface area contributed by atoms with Crippen molar-refractivity contribution >= 4 is 86.5 Å². The number of hydrogen-bond donors (Lipinski definition) is 0. The van der Waals surface area contributed by atoms with Crippen molar-refractivity contribution in [2.24, 2.45) is 0 Å². The third-order valence-corrected chi connectivity index (χ3v) is 15.2. The van der Waals surface area contributed by atoms with E-state index < -0.39 is 18.9 Å². The monoisotopic (exact) mass is 864 g/mol. The fraction of sp³-hybridized carbons (Fsp3) is 0.204. The summed E-state index contributed by atoms with van der Waals surface area (Å²) in [6, 6.07) is 45.9. The van der Waals surface area contributed by atoms with Gasteiger partial charge in [-0.2, -0.15) is 18.2 Å². The van der Waals surface area contributed by atoms with Crippen LogP contribution in [0, 0.1) is 13.8 Å². The van der Waals surface area contributed by atoms with Crippen LogP contribution in [0.2, 0.25) is 10.0 Å². The van der Waals surface area contributed by atoms with Crippen molar-refractivity contribution in [2.75, 3.05) is 0 Å². The Morgan fingerprint density at radius 2 is 0.889 bits per heavy atom. The Morgan fingerprint density at radius 3 is 1.22 bits per heavy atom. The van der Waals surface area contributed by atoms with E-state index in [0.29, 0.717) is 0 Å². The average Bonchev–Trinajstić information content (AvgIpc) is 3.81. The number of halogens is 4. The van der Waals surface area contributed by atoms with Crippen LogP contribution < -0.4 is 0 Å². The second kappa shape index (κ2) is 16.6. The maximum Gasteiger partial charge on any atom is -0.172 e. The molecule has 8 rings (SSSR count). The molecule has 0 nitrogen and oxygen atoms in total. The van der Waals surface area contributed by atoms with Gasteiger partial charge in [0, 0.05) is 0 Å². The molecule has 0 radical (unpaired) electrons. The van der Waals surface area contributed by atoms with Crippen molar-refractivity contribution in [3.8, 4) is 0 Å². The van der Waals surface area contributed by atoms with Gasteiger partial charge in [0.1, 0.15) is 0 Å². The van der Waals surface area contributed by atoms with Gasteiger partial charge >= 0.3 is 178 Å². The molecule has 0 fully saturated rings. The molecule has 0 amide bonds. The first-order valence-corrected chi connectivity index (χ1v) is 26.6. The van der Waals surface area contributed by atoms with Gasteiger partial charge in [-0.05, 0) is 24.7 Å². The van der Waals surface area contributed by atoms with Gasteiger partial charge in [-0.15, -0.1) is 39.7 Å². The topological polar surface area (TPSA) is 0 Å². The van der Waals surface area contributed by atoms with Crippen LogP contribution >= 0.6 is 40.2 Å². The van der Waals surface area contributed by atoms with E-state index in [1.807, 2.05) is 91.0 Å². The molecule has 0 N–H and O–H groups in total. The Morgan fingerprint density at radius 1 is 0.500 bits per heavy atom. The van der Waals surface area contributed by atoms with E-state index in [0.717, 1.165) is 45.9 Å². The molecule has 0 heterocycles. The molecule has 0 spiro atoms. The minimum absolute atomic E-state index is 0.180. The quantitative estimate of drug-likeness (QED) is 0.152. The summed E-state index contributed by atoms with van der Waals surface area (Å²) in [6.45, 7) is 18.3. The van der Waals surface area contributed by atoms with Crippen LogP contribution in [0.4, 0.5) is 0 Å². The molecule has 0 saturated carbocycles. The summed E-state index contributed by atoms with van der Waals surface area (Å²) in [5.41, 5.74) is 8.17. The van der Waals surface area contributed by atoms with Crippen molar-refractivity contribution in [2.45, 2.75) is 66.2 Å². The molecule has 8 aromatic rings. The molecule has 0 aliphatic carbocycles. The van der Waals surface area contributed by atoms with E-state index in [1.165, 1.54) is 43.8 Å². The van der Waals surface area contributed by atoms with E-state index in [1.54, 1.807) is 0 Å². The predicted octanol–water partition coefficient (Wildman–Crippen LogP) is 16.1. The predicted molar refractivity (Wildman–Crippen MR) is 239 cm³/mol. The van der Waals surface area contributed by atoms with E-state index >= 15 is 0 Å². The van der Waals surface area contributed by atoms with Gasteiger partial charge in [0.2, 0.25) is 0 Å². The molecular weight excluding hydrogens is 822 g/mol. The Bertz CT molecular complexity index is 2440. The van der Waals surface area contributed by atoms with Crippen LogP contribution in [-0.2, 0) is 29.7 Å². The van der Waals surface area contributed by atoms with Crippen LogP contribution in [0.3, 0.4) is 0 Å². The Hall–Kier alpha value is -3.03. The molecule has 8 aromatic carbocycles. The molecule has 0 saturated heterocycles. The summed E-state index contributed by atoms with van der Waals surface area (Å²) in [5, 5.41) is 11.1. The molecule has 0 atom stereocenters. The summed E-state index contributed by atoms with van der Waals surface area (Å²) in [7, 11) is 13.3. The van der Waals surface area contributed by atoms with Crippen LogP contribution in [0.5, 0.6) is 0 Å². The summed E-state index contributed by atoms with van der Waals surface area (Å²) in [6.07, 6.45) is 0. The number of benzene rings is 6. The molecule has 0 aliphatic heterocycles. The largest absolute Gasteiger partial charge is 0.214 e. The van der Waals surface area contributed by atoms with Crippen molar-refractivity contribution in [1.82, 2.24) is 0 Å². The maximum atomic E-state index is 6.65. The van der Waals surface area contributed by atoms with Crippen LogP contribution in [0.25, 0.3) is 43.1 Å². The van der Waals surface area contributed by atoms with E-state index in [2.05, 4.69) is 97.9 Å². The molecule has 0 aliphatic rings. The minimum atomic E-state index is -2.84. The maximum absolute atomic E-state index is 6.65. The molecular formula is C49H46Cl4Zr-2. The summed E-state index contributed by atoms with van der Waals surface area (Å²) in [4.78, 5) is 0. The molecule has 5 heteroatoms. The van der Waals surface area contributed by atoms with Gasteiger partial charge in [0.05, 0.1) is 0 Å².